The van der Waals surface area contributed by atoms with Gasteiger partial charge < -0.3 is 15.1 Å². The number of imide groups is 1. The van der Waals surface area contributed by atoms with Crippen molar-refractivity contribution in [1.29, 1.82) is 0 Å². The summed E-state index contributed by atoms with van der Waals surface area (Å²) in [6.45, 7) is 6.15. The number of hydrogen-bond donors (Lipinski definition) is 2. The Morgan fingerprint density at radius 1 is 1.15 bits per heavy atom. The summed E-state index contributed by atoms with van der Waals surface area (Å²) in [4.78, 5) is 30.5. The van der Waals surface area contributed by atoms with Crippen LogP contribution in [-0.4, -0.2) is 55.2 Å². The number of nitrogens with one attached hydrogen (secondary N) is 2. The Morgan fingerprint density at radius 3 is 2.56 bits per heavy atom. The van der Waals surface area contributed by atoms with Crippen LogP contribution in [0.3, 0.4) is 0 Å². The third-order valence-corrected chi connectivity index (χ3v) is 6.55. The minimum atomic E-state index is -0.617. The zero-order valence-electron chi connectivity index (χ0n) is 15.9. The maximum atomic E-state index is 12.9. The summed E-state index contributed by atoms with van der Waals surface area (Å²) in [5.74, 6) is -0.00665. The minimum Gasteiger partial charge on any atom is -0.360 e. The number of rotatable bonds is 3. The number of urea groups is 1. The van der Waals surface area contributed by atoms with Crippen molar-refractivity contribution < 1.29 is 14.5 Å². The van der Waals surface area contributed by atoms with E-state index in [-0.39, 0.29) is 11.9 Å². The fraction of sp³-hybridized carbons (Fsp3) is 0.600. The fourth-order valence-electron chi connectivity index (χ4n) is 4.68. The average Bonchev–Trinajstić information content (AvgIpc) is 2.89. The molecule has 2 N–H and O–H groups in total. The number of aryl methyl sites for hydroxylation is 1. The second-order valence-corrected chi connectivity index (χ2v) is 8.57. The maximum absolute atomic E-state index is 12.9. The number of carbonyl (C=O) groups excluding carboxylic acids is 2. The van der Waals surface area contributed by atoms with Gasteiger partial charge in [0.15, 0.2) is 6.67 Å². The summed E-state index contributed by atoms with van der Waals surface area (Å²) in [6, 6.07) is 5.78. The molecule has 1 saturated carbocycles. The van der Waals surface area contributed by atoms with Gasteiger partial charge in [-0.25, -0.2) is 9.69 Å². The van der Waals surface area contributed by atoms with Gasteiger partial charge in [-0.3, -0.25) is 4.79 Å². The molecule has 1 spiro atoms. The molecular weight excluding hydrogens is 364 g/mol. The zero-order chi connectivity index (χ0) is 19.0. The molecule has 0 radical (unpaired) electrons. The smallest absolute Gasteiger partial charge is 0.329 e. The first-order chi connectivity index (χ1) is 13.0. The SMILES string of the molecule is Cc1ccc(Cl)cc1N1CC[NH+](CN2C(=O)NC3(CCCCC3)C2=O)CC1. The first-order valence-electron chi connectivity index (χ1n) is 9.97. The van der Waals surface area contributed by atoms with Crippen LogP contribution in [0.4, 0.5) is 10.5 Å². The van der Waals surface area contributed by atoms with E-state index < -0.39 is 5.54 Å². The van der Waals surface area contributed by atoms with Crippen molar-refractivity contribution in [2.24, 2.45) is 0 Å². The molecule has 2 heterocycles. The third kappa shape index (κ3) is 3.52. The lowest BCUT2D eigenvalue weighted by molar-refractivity contribution is -0.907. The van der Waals surface area contributed by atoms with Gasteiger partial charge in [-0.05, 0) is 37.5 Å². The number of hydrogen-bond acceptors (Lipinski definition) is 3. The van der Waals surface area contributed by atoms with Crippen LogP contribution in [0.2, 0.25) is 5.02 Å². The van der Waals surface area contributed by atoms with Crippen molar-refractivity contribution in [2.75, 3.05) is 37.7 Å². The number of amides is 3. The number of anilines is 1. The fourth-order valence-corrected chi connectivity index (χ4v) is 4.85. The molecule has 0 unspecified atom stereocenters. The van der Waals surface area contributed by atoms with E-state index in [9.17, 15) is 9.59 Å². The second-order valence-electron chi connectivity index (χ2n) is 8.13. The molecule has 3 amide bonds. The predicted octanol–water partition coefficient (Wildman–Crippen LogP) is 1.57. The first kappa shape index (κ1) is 18.6. The van der Waals surface area contributed by atoms with Crippen LogP contribution >= 0.6 is 11.6 Å². The van der Waals surface area contributed by atoms with E-state index in [0.717, 1.165) is 63.3 Å². The van der Waals surface area contributed by atoms with Gasteiger partial charge in [0.25, 0.3) is 5.91 Å². The summed E-state index contributed by atoms with van der Waals surface area (Å²) in [7, 11) is 0. The first-order valence-corrected chi connectivity index (χ1v) is 10.4. The number of halogens is 1. The number of piperazine rings is 1. The molecule has 0 aromatic heterocycles. The molecule has 7 heteroatoms. The van der Waals surface area contributed by atoms with Crippen LogP contribution in [-0.2, 0) is 4.79 Å². The molecule has 6 nitrogen and oxygen atoms in total. The van der Waals surface area contributed by atoms with E-state index in [1.54, 1.807) is 0 Å². The van der Waals surface area contributed by atoms with Gasteiger partial charge in [0.05, 0.1) is 26.2 Å². The van der Waals surface area contributed by atoms with Crippen molar-refractivity contribution in [3.8, 4) is 0 Å². The van der Waals surface area contributed by atoms with E-state index in [0.29, 0.717) is 6.67 Å². The van der Waals surface area contributed by atoms with Crippen LogP contribution in [0.15, 0.2) is 18.2 Å². The Morgan fingerprint density at radius 2 is 1.85 bits per heavy atom. The molecule has 1 aromatic carbocycles. The largest absolute Gasteiger partial charge is 0.360 e. The van der Waals surface area contributed by atoms with Crippen molar-refractivity contribution in [3.05, 3.63) is 28.8 Å². The van der Waals surface area contributed by atoms with Gasteiger partial charge in [-0.1, -0.05) is 36.9 Å². The van der Waals surface area contributed by atoms with E-state index in [1.807, 2.05) is 18.2 Å². The van der Waals surface area contributed by atoms with Gasteiger partial charge in [-0.15, -0.1) is 0 Å². The number of nitrogens with zero attached hydrogens (tertiary/aromatic N) is 2. The van der Waals surface area contributed by atoms with Crippen molar-refractivity contribution in [1.82, 2.24) is 10.2 Å². The standard InChI is InChI=1S/C20H27ClN4O2/c1-15-5-6-16(21)13-17(15)24-11-9-23(10-12-24)14-25-18(26)20(22-19(25)27)7-3-2-4-8-20/h5-6,13H,2-4,7-12,14H2,1H3,(H,22,27)/p+1. The summed E-state index contributed by atoms with van der Waals surface area (Å²) in [6.07, 6.45) is 4.76. The molecule has 1 aromatic rings. The molecule has 4 rings (SSSR count). The zero-order valence-corrected chi connectivity index (χ0v) is 16.6. The van der Waals surface area contributed by atoms with Crippen LogP contribution in [0, 0.1) is 6.92 Å². The molecule has 1 aliphatic carbocycles. The molecule has 0 bridgehead atoms. The van der Waals surface area contributed by atoms with Crippen molar-refractivity contribution >= 4 is 29.2 Å². The summed E-state index contributed by atoms with van der Waals surface area (Å²) >= 11 is 6.16. The second kappa shape index (κ2) is 7.32. The van der Waals surface area contributed by atoms with Gasteiger partial charge in [0, 0.05) is 10.7 Å². The lowest BCUT2D eigenvalue weighted by Crippen LogP contribution is -3.16. The van der Waals surface area contributed by atoms with Gasteiger partial charge in [-0.2, -0.15) is 0 Å². The van der Waals surface area contributed by atoms with Crippen molar-refractivity contribution in [3.63, 3.8) is 0 Å². The molecule has 3 aliphatic rings. The minimum absolute atomic E-state index is 0.00665. The van der Waals surface area contributed by atoms with Crippen LogP contribution < -0.4 is 15.1 Å². The number of benzene rings is 1. The molecule has 146 valence electrons. The third-order valence-electron chi connectivity index (χ3n) is 6.32. The topological polar surface area (TPSA) is 57.1 Å². The van der Waals surface area contributed by atoms with Gasteiger partial charge >= 0.3 is 6.03 Å². The van der Waals surface area contributed by atoms with Crippen molar-refractivity contribution in [2.45, 2.75) is 44.6 Å². The predicted molar refractivity (Wildman–Crippen MR) is 105 cm³/mol. The Labute approximate surface area is 165 Å². The molecule has 0 atom stereocenters. The van der Waals surface area contributed by atoms with E-state index in [4.69, 9.17) is 11.6 Å². The average molecular weight is 392 g/mol. The van der Waals surface area contributed by atoms with E-state index >= 15 is 0 Å². The molecule has 2 aliphatic heterocycles. The van der Waals surface area contributed by atoms with E-state index in [2.05, 4.69) is 17.1 Å². The summed E-state index contributed by atoms with van der Waals surface area (Å²) < 4.78 is 0. The van der Waals surface area contributed by atoms with E-state index in [1.165, 1.54) is 21.1 Å². The van der Waals surface area contributed by atoms with Crippen LogP contribution in [0.5, 0.6) is 0 Å². The quantitative estimate of drug-likeness (QED) is 0.769. The Hall–Kier alpha value is -1.79. The summed E-state index contributed by atoms with van der Waals surface area (Å²) in [5.41, 5.74) is 1.78. The van der Waals surface area contributed by atoms with Gasteiger partial charge in [0.1, 0.15) is 5.54 Å². The highest BCUT2D eigenvalue weighted by Crippen LogP contribution is 2.33. The number of quaternary nitrogens is 1. The number of carbonyl (C=O) groups is 2. The highest BCUT2D eigenvalue weighted by molar-refractivity contribution is 6.30. The highest BCUT2D eigenvalue weighted by Gasteiger charge is 2.52. The monoisotopic (exact) mass is 391 g/mol. The van der Waals surface area contributed by atoms with Gasteiger partial charge in [0.2, 0.25) is 0 Å². The lowest BCUT2D eigenvalue weighted by atomic mass is 9.82. The molecule has 2 saturated heterocycles. The lowest BCUT2D eigenvalue weighted by Gasteiger charge is -2.35. The highest BCUT2D eigenvalue weighted by atomic mass is 35.5. The maximum Gasteiger partial charge on any atom is 0.329 e. The molecule has 27 heavy (non-hydrogen) atoms. The Kier molecular flexibility index (Phi) is 5.03. The van der Waals surface area contributed by atoms with Crippen LogP contribution in [0.25, 0.3) is 0 Å². The normalized spacial score (nSPS) is 23.2. The Balaban J connectivity index is 1.37. The Bertz CT molecular complexity index is 739. The molecule has 3 fully saturated rings. The van der Waals surface area contributed by atoms with Crippen LogP contribution in [0.1, 0.15) is 37.7 Å². The molecular formula is C20H28ClN4O2+. The summed E-state index contributed by atoms with van der Waals surface area (Å²) in [5, 5.41) is 3.76.